The molecule has 2 bridgehead atoms. The summed E-state index contributed by atoms with van der Waals surface area (Å²) in [5, 5.41) is 14.7. The molecule has 0 aromatic rings. The van der Waals surface area contributed by atoms with Gasteiger partial charge in [0.2, 0.25) is 17.7 Å². The molecule has 4 amide bonds. The first-order chi connectivity index (χ1) is 18.2. The molecule has 2 N–H and O–H groups in total. The highest BCUT2D eigenvalue weighted by Crippen LogP contribution is 2.55. The maximum Gasteiger partial charge on any atom is 0.471 e. The minimum Gasteiger partial charge on any atom is -0.356 e. The zero-order chi connectivity index (χ0) is 28.5. The second kappa shape index (κ2) is 9.24. The Morgan fingerprint density at radius 1 is 1.18 bits per heavy atom. The zero-order valence-corrected chi connectivity index (χ0v) is 22.3. The molecule has 4 fully saturated rings. The summed E-state index contributed by atoms with van der Waals surface area (Å²) in [4.78, 5) is 55.8. The van der Waals surface area contributed by atoms with Crippen molar-refractivity contribution >= 4 is 23.6 Å². The Balaban J connectivity index is 1.48. The fourth-order valence-electron chi connectivity index (χ4n) is 7.56. The first-order valence-corrected chi connectivity index (χ1v) is 13.5. The van der Waals surface area contributed by atoms with E-state index >= 15 is 0 Å². The number of rotatable bonds is 3. The molecule has 3 saturated heterocycles. The number of allylic oxidation sites excluding steroid dienone is 2. The van der Waals surface area contributed by atoms with E-state index in [1.165, 1.54) is 9.80 Å². The minimum absolute atomic E-state index is 0.0275. The van der Waals surface area contributed by atoms with Crippen molar-refractivity contribution in [1.29, 1.82) is 5.26 Å². The molecule has 0 radical (unpaired) electrons. The molecule has 0 aromatic carbocycles. The Morgan fingerprint density at radius 3 is 2.49 bits per heavy atom. The largest absolute Gasteiger partial charge is 0.471 e. The number of hydrogen-bond donors (Lipinski definition) is 2. The second-order valence-corrected chi connectivity index (χ2v) is 12.9. The molecule has 2 aliphatic carbocycles. The highest BCUT2D eigenvalue weighted by atomic mass is 19.4. The van der Waals surface area contributed by atoms with Gasteiger partial charge in [-0.3, -0.25) is 19.2 Å². The first-order valence-electron chi connectivity index (χ1n) is 13.5. The number of halogens is 3. The van der Waals surface area contributed by atoms with Gasteiger partial charge in [-0.15, -0.1) is 0 Å². The summed E-state index contributed by atoms with van der Waals surface area (Å²) in [6.07, 6.45) is 1.25. The van der Waals surface area contributed by atoms with Crippen LogP contribution in [0.5, 0.6) is 0 Å². The second-order valence-electron chi connectivity index (χ2n) is 12.9. The summed E-state index contributed by atoms with van der Waals surface area (Å²) >= 11 is 0. The molecule has 3 aliphatic heterocycles. The Labute approximate surface area is 225 Å². The monoisotopic (exact) mass is 549 g/mol. The molecular weight excluding hydrogens is 515 g/mol. The van der Waals surface area contributed by atoms with E-state index in [1.54, 1.807) is 20.8 Å². The van der Waals surface area contributed by atoms with Gasteiger partial charge < -0.3 is 20.4 Å². The van der Waals surface area contributed by atoms with Crippen LogP contribution < -0.4 is 10.6 Å². The van der Waals surface area contributed by atoms with E-state index in [9.17, 15) is 37.6 Å². The molecule has 8 atom stereocenters. The molecule has 3 heterocycles. The van der Waals surface area contributed by atoms with Gasteiger partial charge in [0.05, 0.1) is 11.5 Å². The molecule has 0 aromatic heterocycles. The van der Waals surface area contributed by atoms with Crippen LogP contribution in [0.1, 0.15) is 46.5 Å². The van der Waals surface area contributed by atoms with Crippen LogP contribution in [0.3, 0.4) is 0 Å². The fraction of sp³-hybridized carbons (Fsp3) is 0.741. The van der Waals surface area contributed by atoms with Gasteiger partial charge in [0, 0.05) is 19.6 Å². The van der Waals surface area contributed by atoms with Crippen LogP contribution in [0, 0.1) is 45.8 Å². The average Bonchev–Trinajstić information content (AvgIpc) is 3.62. The smallest absolute Gasteiger partial charge is 0.356 e. The minimum atomic E-state index is -5.17. The van der Waals surface area contributed by atoms with Gasteiger partial charge in [-0.1, -0.05) is 32.9 Å². The molecule has 39 heavy (non-hydrogen) atoms. The van der Waals surface area contributed by atoms with Crippen LogP contribution in [0.4, 0.5) is 13.2 Å². The number of carbonyl (C=O) groups is 4. The molecule has 9 nitrogen and oxygen atoms in total. The summed E-state index contributed by atoms with van der Waals surface area (Å²) in [5.74, 6) is -3.72. The molecule has 1 spiro atoms. The van der Waals surface area contributed by atoms with E-state index in [0.717, 1.165) is 12.8 Å². The normalized spacial score (nSPS) is 36.1. The van der Waals surface area contributed by atoms with Gasteiger partial charge in [0.15, 0.2) is 0 Å². The number of alkyl halides is 3. The number of carbonyl (C=O) groups excluding carboxylic acids is 4. The maximum absolute atomic E-state index is 14.3. The lowest BCUT2D eigenvalue weighted by Crippen LogP contribution is -2.60. The lowest BCUT2D eigenvalue weighted by Gasteiger charge is -2.38. The SMILES string of the molecule is CC(C)(C)[C@H](NC(=O)C(F)(F)F)C(=O)N1C[C@H]2[C@@H]([C@H]1C(=O)N1C[C@]3(CCCNC3=O)C[C@H]1C#N)[C@H]1C=C[C@@H]2C1. The number of likely N-dealkylation sites (tertiary alicyclic amines) is 2. The Kier molecular flexibility index (Phi) is 6.50. The fourth-order valence-corrected chi connectivity index (χ4v) is 7.56. The van der Waals surface area contributed by atoms with Crippen LogP contribution in [0.25, 0.3) is 0 Å². The summed E-state index contributed by atoms with van der Waals surface area (Å²) in [6.45, 7) is 5.45. The quantitative estimate of drug-likeness (QED) is 0.520. The predicted octanol–water partition coefficient (Wildman–Crippen LogP) is 1.75. The Morgan fingerprint density at radius 2 is 1.87 bits per heavy atom. The third kappa shape index (κ3) is 4.47. The van der Waals surface area contributed by atoms with Crippen molar-refractivity contribution in [3.8, 4) is 6.07 Å². The molecule has 12 heteroatoms. The summed E-state index contributed by atoms with van der Waals surface area (Å²) in [7, 11) is 0. The van der Waals surface area contributed by atoms with E-state index in [4.69, 9.17) is 0 Å². The van der Waals surface area contributed by atoms with Crippen molar-refractivity contribution in [3.05, 3.63) is 12.2 Å². The zero-order valence-electron chi connectivity index (χ0n) is 22.3. The standard InChI is InChI=1S/C27H34F3N5O4/c1-25(2,3)20(33-24(39)27(28,29)30)22(37)34-12-17-14-5-6-15(9-14)18(17)19(34)21(36)35-13-26(10-16(35)11-31)7-4-8-32-23(26)38/h5-6,14-20H,4,7-10,12-13H2,1-3H3,(H,32,38)(H,33,39)/t14-,15+,16+,17-,18+,19+,20-,26+/m1/s1. The van der Waals surface area contributed by atoms with E-state index in [0.29, 0.717) is 13.0 Å². The van der Waals surface area contributed by atoms with Gasteiger partial charge in [0.1, 0.15) is 18.1 Å². The highest BCUT2D eigenvalue weighted by Gasteiger charge is 2.61. The van der Waals surface area contributed by atoms with Gasteiger partial charge >= 0.3 is 12.1 Å². The third-order valence-corrected chi connectivity index (χ3v) is 9.44. The van der Waals surface area contributed by atoms with Crippen molar-refractivity contribution in [3.63, 3.8) is 0 Å². The van der Waals surface area contributed by atoms with Gasteiger partial charge in [0.25, 0.3) is 0 Å². The molecule has 212 valence electrons. The van der Waals surface area contributed by atoms with Crippen LogP contribution >= 0.6 is 0 Å². The van der Waals surface area contributed by atoms with Crippen LogP contribution in [-0.2, 0) is 19.2 Å². The predicted molar refractivity (Wildman–Crippen MR) is 131 cm³/mol. The summed E-state index contributed by atoms with van der Waals surface area (Å²) in [5.41, 5.74) is -1.95. The van der Waals surface area contributed by atoms with Gasteiger partial charge in [-0.2, -0.15) is 18.4 Å². The molecule has 1 saturated carbocycles. The lowest BCUT2D eigenvalue weighted by molar-refractivity contribution is -0.176. The average molecular weight is 550 g/mol. The molecule has 5 aliphatic rings. The van der Waals surface area contributed by atoms with E-state index in [-0.39, 0.29) is 49.1 Å². The van der Waals surface area contributed by atoms with Crippen molar-refractivity contribution in [2.24, 2.45) is 34.5 Å². The number of nitrogens with zero attached hydrogens (tertiary/aromatic N) is 3. The van der Waals surface area contributed by atoms with Gasteiger partial charge in [-0.25, -0.2) is 0 Å². The first kappa shape index (κ1) is 27.5. The lowest BCUT2D eigenvalue weighted by atomic mass is 9.78. The Hall–Kier alpha value is -3.10. The number of nitriles is 1. The van der Waals surface area contributed by atoms with Crippen molar-refractivity contribution in [1.82, 2.24) is 20.4 Å². The van der Waals surface area contributed by atoms with E-state index in [2.05, 4.69) is 17.5 Å². The number of piperidine rings is 1. The van der Waals surface area contributed by atoms with Crippen molar-refractivity contribution < 1.29 is 32.3 Å². The summed E-state index contributed by atoms with van der Waals surface area (Å²) in [6, 6.07) is -1.20. The molecule has 0 unspecified atom stereocenters. The van der Waals surface area contributed by atoms with Crippen molar-refractivity contribution in [2.75, 3.05) is 19.6 Å². The van der Waals surface area contributed by atoms with E-state index < -0.39 is 52.9 Å². The Bertz CT molecular complexity index is 1160. The van der Waals surface area contributed by atoms with Crippen LogP contribution in [0.15, 0.2) is 12.2 Å². The third-order valence-electron chi connectivity index (χ3n) is 9.44. The van der Waals surface area contributed by atoms with E-state index in [1.807, 2.05) is 11.4 Å². The molecule has 5 rings (SSSR count). The number of fused-ring (bicyclic) bond motifs is 5. The van der Waals surface area contributed by atoms with Gasteiger partial charge in [-0.05, 0) is 54.8 Å². The van der Waals surface area contributed by atoms with Crippen molar-refractivity contribution in [2.45, 2.75) is 70.8 Å². The van der Waals surface area contributed by atoms with Crippen LogP contribution in [-0.4, -0.2) is 77.4 Å². The number of nitrogens with one attached hydrogen (secondary N) is 2. The topological polar surface area (TPSA) is 123 Å². The summed E-state index contributed by atoms with van der Waals surface area (Å²) < 4.78 is 39.5. The van der Waals surface area contributed by atoms with Crippen LogP contribution in [0.2, 0.25) is 0 Å². The number of hydrogen-bond acceptors (Lipinski definition) is 5. The highest BCUT2D eigenvalue weighted by molar-refractivity contribution is 5.95. The molecular formula is C27H34F3N5O4. The maximum atomic E-state index is 14.3. The number of amides is 4.